The van der Waals surface area contributed by atoms with Gasteiger partial charge in [-0.05, 0) is 31.5 Å². The Bertz CT molecular complexity index is 916. The summed E-state index contributed by atoms with van der Waals surface area (Å²) in [4.78, 5) is 8.46. The molecule has 1 heterocycles. The summed E-state index contributed by atoms with van der Waals surface area (Å²) in [6.45, 7) is 3.67. The summed E-state index contributed by atoms with van der Waals surface area (Å²) in [6, 6.07) is 13.3. The predicted octanol–water partition coefficient (Wildman–Crippen LogP) is 5.12. The third-order valence-corrected chi connectivity index (χ3v) is 3.80. The highest BCUT2D eigenvalue weighted by Crippen LogP contribution is 2.25. The fourth-order valence-electron chi connectivity index (χ4n) is 2.51. The first-order valence-corrected chi connectivity index (χ1v) is 8.01. The van der Waals surface area contributed by atoms with Gasteiger partial charge in [0.15, 0.2) is 17.5 Å². The van der Waals surface area contributed by atoms with Crippen LogP contribution in [-0.2, 0) is 0 Å². The van der Waals surface area contributed by atoms with Crippen molar-refractivity contribution in [2.24, 2.45) is 0 Å². The predicted molar refractivity (Wildman–Crippen MR) is 94.8 cm³/mol. The number of nitrogens with zero attached hydrogens (tertiary/aromatic N) is 2. The monoisotopic (exact) mass is 358 g/mol. The first-order valence-electron chi connectivity index (χ1n) is 8.01. The second-order valence-corrected chi connectivity index (χ2v) is 5.81. The van der Waals surface area contributed by atoms with Crippen molar-refractivity contribution in [2.45, 2.75) is 19.9 Å². The van der Waals surface area contributed by atoms with Crippen molar-refractivity contribution in [3.8, 4) is 0 Å². The largest absolute Gasteiger partial charge is 0.363 e. The summed E-state index contributed by atoms with van der Waals surface area (Å²) in [5.41, 5.74) is 0.869. The van der Waals surface area contributed by atoms with Crippen LogP contribution in [0.2, 0.25) is 0 Å². The maximum Gasteiger partial charge on any atom is 0.196 e. The highest BCUT2D eigenvalue weighted by atomic mass is 19.2. The van der Waals surface area contributed by atoms with E-state index in [0.29, 0.717) is 11.6 Å². The lowest BCUT2D eigenvalue weighted by molar-refractivity contribution is 0.449. The van der Waals surface area contributed by atoms with Gasteiger partial charge >= 0.3 is 0 Å². The van der Waals surface area contributed by atoms with E-state index in [1.54, 1.807) is 13.0 Å². The van der Waals surface area contributed by atoms with Crippen LogP contribution >= 0.6 is 0 Å². The van der Waals surface area contributed by atoms with Gasteiger partial charge in [-0.25, -0.2) is 23.1 Å². The van der Waals surface area contributed by atoms with Gasteiger partial charge in [0, 0.05) is 12.1 Å². The number of hydrogen-bond donors (Lipinski definition) is 2. The molecule has 2 N–H and O–H groups in total. The summed E-state index contributed by atoms with van der Waals surface area (Å²) >= 11 is 0. The number of aryl methyl sites for hydroxylation is 1. The topological polar surface area (TPSA) is 49.8 Å². The van der Waals surface area contributed by atoms with E-state index in [1.165, 1.54) is 0 Å². The highest BCUT2D eigenvalue weighted by molar-refractivity contribution is 5.60. The van der Waals surface area contributed by atoms with E-state index in [4.69, 9.17) is 0 Å². The fraction of sp³-hybridized carbons (Fsp3) is 0.158. The SMILES string of the molecule is Cc1nc(Nc2ccc(F)c(F)c2F)cc(NC(C)c2ccccc2)n1. The molecule has 0 spiro atoms. The van der Waals surface area contributed by atoms with E-state index in [-0.39, 0.29) is 17.5 Å². The van der Waals surface area contributed by atoms with Gasteiger partial charge in [0.1, 0.15) is 17.5 Å². The molecule has 0 aliphatic rings. The molecule has 2 aromatic carbocycles. The molecule has 134 valence electrons. The summed E-state index contributed by atoms with van der Waals surface area (Å²) < 4.78 is 40.3. The van der Waals surface area contributed by atoms with E-state index < -0.39 is 17.5 Å². The molecule has 1 unspecified atom stereocenters. The van der Waals surface area contributed by atoms with Crippen molar-refractivity contribution in [1.82, 2.24) is 9.97 Å². The van der Waals surface area contributed by atoms with Crippen LogP contribution < -0.4 is 10.6 Å². The number of aromatic nitrogens is 2. The zero-order valence-corrected chi connectivity index (χ0v) is 14.2. The third-order valence-electron chi connectivity index (χ3n) is 3.80. The van der Waals surface area contributed by atoms with E-state index in [2.05, 4.69) is 20.6 Å². The number of halogens is 3. The van der Waals surface area contributed by atoms with Gasteiger partial charge in [0.25, 0.3) is 0 Å². The van der Waals surface area contributed by atoms with Gasteiger partial charge in [-0.3, -0.25) is 0 Å². The molecule has 0 bridgehead atoms. The second-order valence-electron chi connectivity index (χ2n) is 5.81. The van der Waals surface area contributed by atoms with Crippen LogP contribution in [0.15, 0.2) is 48.5 Å². The minimum absolute atomic E-state index is 0.0154. The molecule has 1 atom stereocenters. The molecule has 3 aromatic rings. The fourth-order valence-corrected chi connectivity index (χ4v) is 2.51. The Morgan fingerprint density at radius 3 is 2.31 bits per heavy atom. The maximum absolute atomic E-state index is 13.8. The van der Waals surface area contributed by atoms with Crippen LogP contribution in [0.25, 0.3) is 0 Å². The average Bonchev–Trinajstić information content (AvgIpc) is 2.62. The van der Waals surface area contributed by atoms with E-state index in [1.807, 2.05) is 37.3 Å². The van der Waals surface area contributed by atoms with Crippen LogP contribution in [0.5, 0.6) is 0 Å². The second kappa shape index (κ2) is 7.43. The molecule has 0 fully saturated rings. The molecule has 7 heteroatoms. The summed E-state index contributed by atoms with van der Waals surface area (Å²) in [6.07, 6.45) is 0. The van der Waals surface area contributed by atoms with Gasteiger partial charge in [0.2, 0.25) is 0 Å². The van der Waals surface area contributed by atoms with Crippen molar-refractivity contribution in [1.29, 1.82) is 0 Å². The minimum Gasteiger partial charge on any atom is -0.363 e. The average molecular weight is 358 g/mol. The van der Waals surface area contributed by atoms with E-state index in [0.717, 1.165) is 17.7 Å². The maximum atomic E-state index is 13.8. The van der Waals surface area contributed by atoms with Crippen molar-refractivity contribution in [3.05, 3.63) is 77.4 Å². The molecule has 0 amide bonds. The minimum atomic E-state index is -1.53. The van der Waals surface area contributed by atoms with Crippen LogP contribution in [0.1, 0.15) is 24.4 Å². The van der Waals surface area contributed by atoms with E-state index in [9.17, 15) is 13.2 Å². The summed E-state index contributed by atoms with van der Waals surface area (Å²) in [7, 11) is 0. The molecular weight excluding hydrogens is 341 g/mol. The first kappa shape index (κ1) is 17.7. The summed E-state index contributed by atoms with van der Waals surface area (Å²) in [5, 5.41) is 5.90. The molecule has 26 heavy (non-hydrogen) atoms. The molecule has 0 aliphatic heterocycles. The quantitative estimate of drug-likeness (QED) is 0.622. The number of nitrogens with one attached hydrogen (secondary N) is 2. The van der Waals surface area contributed by atoms with E-state index >= 15 is 0 Å². The molecular formula is C19H17F3N4. The van der Waals surface area contributed by atoms with Crippen LogP contribution in [0.4, 0.5) is 30.5 Å². The molecule has 0 radical (unpaired) electrons. The first-order chi connectivity index (χ1) is 12.4. The van der Waals surface area contributed by atoms with Gasteiger partial charge < -0.3 is 10.6 Å². The van der Waals surface area contributed by atoms with Crippen molar-refractivity contribution >= 4 is 17.3 Å². The Morgan fingerprint density at radius 1 is 0.885 bits per heavy atom. The van der Waals surface area contributed by atoms with Crippen molar-refractivity contribution in [2.75, 3.05) is 10.6 Å². The normalized spacial score (nSPS) is 11.9. The van der Waals surface area contributed by atoms with Gasteiger partial charge in [-0.15, -0.1) is 0 Å². The Labute approximate surface area is 149 Å². The molecule has 0 saturated heterocycles. The molecule has 0 aliphatic carbocycles. The molecule has 4 nitrogen and oxygen atoms in total. The Hall–Kier alpha value is -3.09. The lowest BCUT2D eigenvalue weighted by atomic mass is 10.1. The van der Waals surface area contributed by atoms with Gasteiger partial charge in [0.05, 0.1) is 5.69 Å². The zero-order chi connectivity index (χ0) is 18.7. The lowest BCUT2D eigenvalue weighted by Gasteiger charge is -2.16. The third kappa shape index (κ3) is 3.93. The summed E-state index contributed by atoms with van der Waals surface area (Å²) in [5.74, 6) is -2.83. The smallest absolute Gasteiger partial charge is 0.196 e. The van der Waals surface area contributed by atoms with Crippen LogP contribution in [0.3, 0.4) is 0 Å². The Kier molecular flexibility index (Phi) is 5.06. The standard InChI is InChI=1S/C19H17F3N4/c1-11(13-6-4-3-5-7-13)23-16-10-17(25-12(2)24-16)26-15-9-8-14(20)18(21)19(15)22/h3-11H,1-2H3,(H2,23,24,25,26). The van der Waals surface area contributed by atoms with Crippen LogP contribution in [0, 0.1) is 24.4 Å². The zero-order valence-electron chi connectivity index (χ0n) is 14.2. The molecule has 3 rings (SSSR count). The number of benzene rings is 2. The Balaban J connectivity index is 1.83. The number of hydrogen-bond acceptors (Lipinski definition) is 4. The number of anilines is 3. The number of rotatable bonds is 5. The Morgan fingerprint density at radius 2 is 1.58 bits per heavy atom. The van der Waals surface area contributed by atoms with Gasteiger partial charge in [-0.1, -0.05) is 30.3 Å². The molecule has 1 aromatic heterocycles. The lowest BCUT2D eigenvalue weighted by Crippen LogP contribution is -2.10. The van der Waals surface area contributed by atoms with Crippen molar-refractivity contribution < 1.29 is 13.2 Å². The molecule has 0 saturated carbocycles. The van der Waals surface area contributed by atoms with Crippen LogP contribution in [-0.4, -0.2) is 9.97 Å². The van der Waals surface area contributed by atoms with Crippen molar-refractivity contribution in [3.63, 3.8) is 0 Å². The highest BCUT2D eigenvalue weighted by Gasteiger charge is 2.14. The van der Waals surface area contributed by atoms with Gasteiger partial charge in [-0.2, -0.15) is 0 Å².